The van der Waals surface area contributed by atoms with E-state index < -0.39 is 29.1 Å². The van der Waals surface area contributed by atoms with E-state index in [2.05, 4.69) is 0 Å². The summed E-state index contributed by atoms with van der Waals surface area (Å²) >= 11 is 0. The summed E-state index contributed by atoms with van der Waals surface area (Å²) in [5, 5.41) is 0. The van der Waals surface area contributed by atoms with Crippen molar-refractivity contribution in [2.45, 2.75) is 59.4 Å². The summed E-state index contributed by atoms with van der Waals surface area (Å²) in [4.78, 5) is 38.6. The van der Waals surface area contributed by atoms with Crippen molar-refractivity contribution in [2.75, 3.05) is 7.11 Å². The minimum absolute atomic E-state index is 0.00315. The van der Waals surface area contributed by atoms with E-state index >= 15 is 0 Å². The SMILES string of the molecule is COc1c(C(=O)OCc2ccccc2)ccc(C(=O)OC(C)(C)C)c1C(=O)OC(C)(C)C. The zero-order valence-corrected chi connectivity index (χ0v) is 19.6. The Bertz CT molecular complexity index is 980. The van der Waals surface area contributed by atoms with E-state index in [4.69, 9.17) is 18.9 Å². The maximum atomic E-state index is 13.0. The van der Waals surface area contributed by atoms with E-state index in [0.29, 0.717) is 0 Å². The fourth-order valence-electron chi connectivity index (χ4n) is 2.79. The average molecular weight is 443 g/mol. The van der Waals surface area contributed by atoms with Crippen molar-refractivity contribution < 1.29 is 33.3 Å². The first kappa shape index (κ1) is 24.9. The Labute approximate surface area is 188 Å². The summed E-state index contributed by atoms with van der Waals surface area (Å²) < 4.78 is 21.7. The Balaban J connectivity index is 2.50. The van der Waals surface area contributed by atoms with Crippen molar-refractivity contribution in [3.8, 4) is 5.75 Å². The molecule has 0 atom stereocenters. The van der Waals surface area contributed by atoms with E-state index in [9.17, 15) is 14.4 Å². The van der Waals surface area contributed by atoms with Gasteiger partial charge in [-0.05, 0) is 59.2 Å². The van der Waals surface area contributed by atoms with Crippen LogP contribution in [0.3, 0.4) is 0 Å². The molecule has 7 heteroatoms. The molecule has 0 saturated heterocycles. The number of hydrogen-bond acceptors (Lipinski definition) is 7. The smallest absolute Gasteiger partial charge is 0.343 e. The van der Waals surface area contributed by atoms with E-state index in [0.717, 1.165) is 5.56 Å². The van der Waals surface area contributed by atoms with Gasteiger partial charge in [0.05, 0.1) is 12.7 Å². The normalized spacial score (nSPS) is 11.5. The zero-order valence-electron chi connectivity index (χ0n) is 19.6. The Morgan fingerprint density at radius 3 is 1.78 bits per heavy atom. The lowest BCUT2D eigenvalue weighted by Crippen LogP contribution is -2.28. The van der Waals surface area contributed by atoms with Gasteiger partial charge in [0.15, 0.2) is 0 Å². The van der Waals surface area contributed by atoms with Gasteiger partial charge < -0.3 is 18.9 Å². The van der Waals surface area contributed by atoms with Crippen molar-refractivity contribution in [2.24, 2.45) is 0 Å². The van der Waals surface area contributed by atoms with E-state index in [1.165, 1.54) is 19.2 Å². The predicted octanol–water partition coefficient (Wildman–Crippen LogP) is 4.96. The molecule has 0 saturated carbocycles. The van der Waals surface area contributed by atoms with Crippen LogP contribution in [0.5, 0.6) is 5.75 Å². The number of esters is 3. The fourth-order valence-corrected chi connectivity index (χ4v) is 2.79. The highest BCUT2D eigenvalue weighted by atomic mass is 16.6. The Hall–Kier alpha value is -3.35. The summed E-state index contributed by atoms with van der Waals surface area (Å²) in [5.74, 6) is -2.36. The molecule has 0 aliphatic heterocycles. The minimum Gasteiger partial charge on any atom is -0.495 e. The van der Waals surface area contributed by atoms with Gasteiger partial charge in [0.1, 0.15) is 34.7 Å². The van der Waals surface area contributed by atoms with Gasteiger partial charge in [0.2, 0.25) is 0 Å². The molecule has 0 amide bonds. The molecular weight excluding hydrogens is 412 g/mol. The van der Waals surface area contributed by atoms with Crippen molar-refractivity contribution in [1.29, 1.82) is 0 Å². The third kappa shape index (κ3) is 6.83. The molecule has 0 bridgehead atoms. The van der Waals surface area contributed by atoms with Crippen LogP contribution >= 0.6 is 0 Å². The first-order valence-electron chi connectivity index (χ1n) is 10.2. The lowest BCUT2D eigenvalue weighted by Gasteiger charge is -2.24. The van der Waals surface area contributed by atoms with Gasteiger partial charge in [-0.25, -0.2) is 14.4 Å². The summed E-state index contributed by atoms with van der Waals surface area (Å²) in [5.41, 5.74) is -1.08. The van der Waals surface area contributed by atoms with Crippen LogP contribution in [0.15, 0.2) is 42.5 Å². The second-order valence-electron chi connectivity index (χ2n) is 9.13. The molecular formula is C25H30O7. The van der Waals surface area contributed by atoms with Gasteiger partial charge >= 0.3 is 17.9 Å². The van der Waals surface area contributed by atoms with Crippen molar-refractivity contribution in [3.05, 3.63) is 64.7 Å². The van der Waals surface area contributed by atoms with E-state index in [1.54, 1.807) is 41.5 Å². The summed E-state index contributed by atoms with van der Waals surface area (Å²) in [6.07, 6.45) is 0. The van der Waals surface area contributed by atoms with Crippen LogP contribution in [0.25, 0.3) is 0 Å². The molecule has 0 N–H and O–H groups in total. The third-order valence-electron chi connectivity index (χ3n) is 4.02. The molecule has 0 unspecified atom stereocenters. The quantitative estimate of drug-likeness (QED) is 0.461. The van der Waals surface area contributed by atoms with Gasteiger partial charge in [-0.2, -0.15) is 0 Å². The van der Waals surface area contributed by atoms with Crippen LogP contribution in [0.4, 0.5) is 0 Å². The minimum atomic E-state index is -0.836. The van der Waals surface area contributed by atoms with Crippen LogP contribution in [-0.2, 0) is 20.8 Å². The fraction of sp³-hybridized carbons (Fsp3) is 0.400. The molecule has 2 aromatic carbocycles. The monoisotopic (exact) mass is 442 g/mol. The van der Waals surface area contributed by atoms with Gasteiger partial charge in [-0.1, -0.05) is 30.3 Å². The van der Waals surface area contributed by atoms with Crippen molar-refractivity contribution >= 4 is 17.9 Å². The van der Waals surface area contributed by atoms with Crippen LogP contribution in [-0.4, -0.2) is 36.2 Å². The topological polar surface area (TPSA) is 88.1 Å². The average Bonchev–Trinajstić information content (AvgIpc) is 2.69. The maximum absolute atomic E-state index is 13.0. The standard InChI is InChI=1S/C25H30O7/c1-24(2,3)31-22(27)17-13-14-18(21(26)30-15-16-11-9-8-10-12-16)20(29-7)19(17)23(28)32-25(4,5)6/h8-14H,15H2,1-7H3. The van der Waals surface area contributed by atoms with Gasteiger partial charge in [-0.3, -0.25) is 0 Å². The number of rotatable bonds is 6. The van der Waals surface area contributed by atoms with Gasteiger partial charge in [-0.15, -0.1) is 0 Å². The summed E-state index contributed by atoms with van der Waals surface area (Å²) in [6.45, 7) is 10.3. The number of ether oxygens (including phenoxy) is 4. The second-order valence-corrected chi connectivity index (χ2v) is 9.13. The van der Waals surface area contributed by atoms with Crippen LogP contribution < -0.4 is 4.74 Å². The van der Waals surface area contributed by atoms with Crippen LogP contribution in [0.1, 0.15) is 78.2 Å². The largest absolute Gasteiger partial charge is 0.495 e. The van der Waals surface area contributed by atoms with Gasteiger partial charge in [0.25, 0.3) is 0 Å². The Morgan fingerprint density at radius 2 is 1.25 bits per heavy atom. The molecule has 0 radical (unpaired) electrons. The molecule has 0 spiro atoms. The molecule has 2 rings (SSSR count). The van der Waals surface area contributed by atoms with Crippen molar-refractivity contribution in [3.63, 3.8) is 0 Å². The highest BCUT2D eigenvalue weighted by Crippen LogP contribution is 2.31. The first-order chi connectivity index (χ1) is 14.8. The number of carbonyl (C=O) groups excluding carboxylic acids is 3. The van der Waals surface area contributed by atoms with E-state index in [1.807, 2.05) is 30.3 Å². The maximum Gasteiger partial charge on any atom is 0.343 e. The number of carbonyl (C=O) groups is 3. The molecule has 0 aliphatic rings. The third-order valence-corrected chi connectivity index (χ3v) is 4.02. The molecule has 0 aliphatic carbocycles. The molecule has 0 heterocycles. The zero-order chi connectivity index (χ0) is 24.1. The highest BCUT2D eigenvalue weighted by molar-refractivity contribution is 6.08. The summed E-state index contributed by atoms with van der Waals surface area (Å²) in [7, 11) is 1.30. The van der Waals surface area contributed by atoms with Crippen molar-refractivity contribution in [1.82, 2.24) is 0 Å². The van der Waals surface area contributed by atoms with Crippen LogP contribution in [0.2, 0.25) is 0 Å². The lowest BCUT2D eigenvalue weighted by molar-refractivity contribution is 0.00156. The molecule has 172 valence electrons. The van der Waals surface area contributed by atoms with Crippen LogP contribution in [0, 0.1) is 0 Å². The molecule has 2 aromatic rings. The second kappa shape index (κ2) is 9.85. The Kier molecular flexibility index (Phi) is 7.67. The molecule has 32 heavy (non-hydrogen) atoms. The number of methoxy groups -OCH3 is 1. The lowest BCUT2D eigenvalue weighted by atomic mass is 10.0. The van der Waals surface area contributed by atoms with E-state index in [-0.39, 0.29) is 29.0 Å². The first-order valence-corrected chi connectivity index (χ1v) is 10.2. The molecule has 0 fully saturated rings. The summed E-state index contributed by atoms with van der Waals surface area (Å²) in [6, 6.07) is 11.9. The molecule has 0 aromatic heterocycles. The predicted molar refractivity (Wildman–Crippen MR) is 119 cm³/mol. The Morgan fingerprint density at radius 1 is 0.719 bits per heavy atom. The number of hydrogen-bond donors (Lipinski definition) is 0. The highest BCUT2D eigenvalue weighted by Gasteiger charge is 2.32. The number of benzene rings is 2. The van der Waals surface area contributed by atoms with Gasteiger partial charge in [0, 0.05) is 0 Å². The molecule has 7 nitrogen and oxygen atoms in total.